The van der Waals surface area contributed by atoms with Crippen LogP contribution in [0.3, 0.4) is 0 Å². The first-order chi connectivity index (χ1) is 17.1. The lowest BCUT2D eigenvalue weighted by atomic mass is 10.1. The number of anilines is 1. The minimum atomic E-state index is 0.217. The molecule has 0 atom stereocenters. The first kappa shape index (κ1) is 24.0. The zero-order chi connectivity index (χ0) is 24.2. The smallest absolute Gasteiger partial charge is 0.255 e. The van der Waals surface area contributed by atoms with E-state index >= 15 is 0 Å². The van der Waals surface area contributed by atoms with E-state index in [9.17, 15) is 4.79 Å². The van der Waals surface area contributed by atoms with Crippen molar-refractivity contribution in [3.63, 3.8) is 0 Å². The number of aryl methyl sites for hydroxylation is 1. The van der Waals surface area contributed by atoms with Gasteiger partial charge in [0.25, 0.3) is 5.91 Å². The van der Waals surface area contributed by atoms with Crippen molar-refractivity contribution in [3.8, 4) is 0 Å². The summed E-state index contributed by atoms with van der Waals surface area (Å²) in [6.07, 6.45) is 5.17. The number of hydrogen-bond acceptors (Lipinski definition) is 3. The van der Waals surface area contributed by atoms with Crippen molar-refractivity contribution >= 4 is 23.2 Å². The predicted octanol–water partition coefficient (Wildman–Crippen LogP) is 5.10. The first-order valence-corrected chi connectivity index (χ1v) is 13.2. The van der Waals surface area contributed by atoms with Gasteiger partial charge < -0.3 is 14.4 Å². The number of halogens is 1. The van der Waals surface area contributed by atoms with Gasteiger partial charge in [-0.3, -0.25) is 9.69 Å². The highest BCUT2D eigenvalue weighted by Gasteiger charge is 2.27. The summed E-state index contributed by atoms with van der Waals surface area (Å²) in [6, 6.07) is 18.6. The molecule has 0 unspecified atom stereocenters. The molecule has 0 spiro atoms. The molecule has 6 heteroatoms. The Bertz CT molecular complexity index is 1130. The van der Waals surface area contributed by atoms with Gasteiger partial charge in [0, 0.05) is 68.4 Å². The average Bonchev–Trinajstić information content (AvgIpc) is 3.07. The average molecular weight is 491 g/mol. The second-order valence-corrected chi connectivity index (χ2v) is 10.2. The fourth-order valence-corrected chi connectivity index (χ4v) is 5.63. The van der Waals surface area contributed by atoms with Gasteiger partial charge in [-0.05, 0) is 68.1 Å². The van der Waals surface area contributed by atoms with Gasteiger partial charge in [-0.1, -0.05) is 41.9 Å². The van der Waals surface area contributed by atoms with Gasteiger partial charge in [0.2, 0.25) is 0 Å². The van der Waals surface area contributed by atoms with Crippen LogP contribution in [0, 0.1) is 6.92 Å². The van der Waals surface area contributed by atoms with Crippen molar-refractivity contribution in [2.45, 2.75) is 32.7 Å². The summed E-state index contributed by atoms with van der Waals surface area (Å²) in [6.45, 7) is 9.81. The van der Waals surface area contributed by atoms with Crippen molar-refractivity contribution in [1.82, 2.24) is 14.4 Å². The van der Waals surface area contributed by atoms with E-state index in [1.54, 1.807) is 0 Å². The minimum absolute atomic E-state index is 0.217. The van der Waals surface area contributed by atoms with Gasteiger partial charge in [0.1, 0.15) is 0 Å². The molecule has 5 nitrogen and oxygen atoms in total. The molecule has 1 amide bonds. The molecule has 2 aliphatic heterocycles. The number of aromatic nitrogens is 1. The molecule has 184 valence electrons. The van der Waals surface area contributed by atoms with Crippen LogP contribution in [-0.2, 0) is 13.0 Å². The molecule has 0 bridgehead atoms. The summed E-state index contributed by atoms with van der Waals surface area (Å²) >= 11 is 6.03. The third-order valence-electron chi connectivity index (χ3n) is 7.38. The normalized spacial score (nSPS) is 16.9. The second-order valence-electron chi connectivity index (χ2n) is 9.80. The van der Waals surface area contributed by atoms with Gasteiger partial charge in [0.05, 0.1) is 5.56 Å². The Morgan fingerprint density at radius 3 is 2.37 bits per heavy atom. The van der Waals surface area contributed by atoms with Crippen LogP contribution in [-0.4, -0.2) is 66.1 Å². The highest BCUT2D eigenvalue weighted by Crippen LogP contribution is 2.25. The second kappa shape index (κ2) is 10.9. The van der Waals surface area contributed by atoms with Crippen LogP contribution in [0.25, 0.3) is 0 Å². The largest absolute Gasteiger partial charge is 0.369 e. The van der Waals surface area contributed by atoms with Gasteiger partial charge in [-0.25, -0.2) is 0 Å². The fraction of sp³-hybridized carbons (Fsp3) is 0.414. The SMILES string of the molecule is Cc1cn(Cc2ccccc2)c2c1C(=O)N(CCCN1CCN(c3ccc(Cl)cc3)CC1)CCC2. The molecule has 1 saturated heterocycles. The molecule has 5 rings (SSSR count). The Kier molecular flexibility index (Phi) is 7.45. The minimum Gasteiger partial charge on any atom is -0.369 e. The molecule has 0 aliphatic carbocycles. The number of carbonyl (C=O) groups is 1. The molecule has 3 aromatic rings. The van der Waals surface area contributed by atoms with E-state index in [4.69, 9.17) is 11.6 Å². The summed E-state index contributed by atoms with van der Waals surface area (Å²) < 4.78 is 2.29. The zero-order valence-corrected chi connectivity index (χ0v) is 21.4. The predicted molar refractivity (Wildman–Crippen MR) is 144 cm³/mol. The van der Waals surface area contributed by atoms with E-state index < -0.39 is 0 Å². The van der Waals surface area contributed by atoms with Gasteiger partial charge in [-0.2, -0.15) is 0 Å². The van der Waals surface area contributed by atoms with E-state index in [0.717, 1.165) is 87.8 Å². The van der Waals surface area contributed by atoms with Crippen LogP contribution < -0.4 is 4.90 Å². The van der Waals surface area contributed by atoms with Crippen LogP contribution >= 0.6 is 11.6 Å². The van der Waals surface area contributed by atoms with E-state index in [2.05, 4.69) is 68.8 Å². The summed E-state index contributed by atoms with van der Waals surface area (Å²) in [5, 5.41) is 0.783. The summed E-state index contributed by atoms with van der Waals surface area (Å²) in [4.78, 5) is 20.6. The van der Waals surface area contributed by atoms with Crippen LogP contribution in [0.1, 0.15) is 40.0 Å². The number of fused-ring (bicyclic) bond motifs is 1. The summed E-state index contributed by atoms with van der Waals surface area (Å²) in [5.41, 5.74) is 5.77. The van der Waals surface area contributed by atoms with E-state index in [0.29, 0.717) is 0 Å². The molecule has 2 aromatic carbocycles. The van der Waals surface area contributed by atoms with Crippen molar-refractivity contribution in [2.75, 3.05) is 50.7 Å². The van der Waals surface area contributed by atoms with Crippen molar-refractivity contribution in [2.24, 2.45) is 0 Å². The highest BCUT2D eigenvalue weighted by atomic mass is 35.5. The molecular weight excluding hydrogens is 456 g/mol. The summed E-state index contributed by atoms with van der Waals surface area (Å²) in [5.74, 6) is 0.217. The maximum atomic E-state index is 13.5. The van der Waals surface area contributed by atoms with Gasteiger partial charge >= 0.3 is 0 Å². The maximum absolute atomic E-state index is 13.5. The van der Waals surface area contributed by atoms with Crippen LogP contribution in [0.4, 0.5) is 5.69 Å². The quantitative estimate of drug-likeness (QED) is 0.462. The highest BCUT2D eigenvalue weighted by molar-refractivity contribution is 6.30. The van der Waals surface area contributed by atoms with Crippen LogP contribution in [0.15, 0.2) is 60.8 Å². The molecular formula is C29H35ClN4O. The van der Waals surface area contributed by atoms with E-state index in [-0.39, 0.29) is 5.91 Å². The Hall–Kier alpha value is -2.76. The lowest BCUT2D eigenvalue weighted by Gasteiger charge is -2.36. The summed E-state index contributed by atoms with van der Waals surface area (Å²) in [7, 11) is 0. The number of rotatable bonds is 7. The third kappa shape index (κ3) is 5.57. The Morgan fingerprint density at radius 1 is 0.886 bits per heavy atom. The number of piperazine rings is 1. The van der Waals surface area contributed by atoms with E-state index in [1.165, 1.54) is 16.9 Å². The molecule has 2 aliphatic rings. The Balaban J connectivity index is 1.15. The van der Waals surface area contributed by atoms with Crippen LogP contribution in [0.5, 0.6) is 0 Å². The first-order valence-electron chi connectivity index (χ1n) is 12.8. The van der Waals surface area contributed by atoms with Gasteiger partial charge in [0.15, 0.2) is 0 Å². The van der Waals surface area contributed by atoms with Crippen molar-refractivity contribution in [1.29, 1.82) is 0 Å². The molecule has 1 aromatic heterocycles. The Morgan fingerprint density at radius 2 is 1.63 bits per heavy atom. The number of hydrogen-bond donors (Lipinski definition) is 0. The molecule has 3 heterocycles. The third-order valence-corrected chi connectivity index (χ3v) is 7.64. The molecule has 1 fully saturated rings. The van der Waals surface area contributed by atoms with Crippen molar-refractivity contribution in [3.05, 3.63) is 88.2 Å². The van der Waals surface area contributed by atoms with Crippen LogP contribution in [0.2, 0.25) is 5.02 Å². The lowest BCUT2D eigenvalue weighted by molar-refractivity contribution is 0.0752. The van der Waals surface area contributed by atoms with Crippen molar-refractivity contribution < 1.29 is 4.79 Å². The van der Waals surface area contributed by atoms with Gasteiger partial charge in [-0.15, -0.1) is 0 Å². The molecule has 0 N–H and O–H groups in total. The molecule has 0 radical (unpaired) electrons. The monoisotopic (exact) mass is 490 g/mol. The lowest BCUT2D eigenvalue weighted by Crippen LogP contribution is -2.47. The zero-order valence-electron chi connectivity index (χ0n) is 20.6. The molecule has 0 saturated carbocycles. The standard InChI is InChI=1S/C29H35ClN4O/c1-23-21-34(22-24-7-3-2-4-8-24)27-9-5-15-33(29(35)28(23)27)16-6-14-31-17-19-32(20-18-31)26-12-10-25(30)11-13-26/h2-4,7-8,10-13,21H,5-6,9,14-20,22H2,1H3. The number of benzene rings is 2. The topological polar surface area (TPSA) is 31.7 Å². The fourth-order valence-electron chi connectivity index (χ4n) is 5.51. The van der Waals surface area contributed by atoms with E-state index in [1.807, 2.05) is 18.2 Å². The number of carbonyl (C=O) groups excluding carboxylic acids is 1. The number of amides is 1. The Labute approximate surface area is 213 Å². The maximum Gasteiger partial charge on any atom is 0.255 e. The molecule has 35 heavy (non-hydrogen) atoms. The number of nitrogens with zero attached hydrogens (tertiary/aromatic N) is 4.